The van der Waals surface area contributed by atoms with Gasteiger partial charge in [0, 0.05) is 24.0 Å². The molecule has 0 bridgehead atoms. The van der Waals surface area contributed by atoms with Crippen LogP contribution in [0.25, 0.3) is 10.9 Å². The molecule has 158 valence electrons. The fourth-order valence-electron chi connectivity index (χ4n) is 3.50. The molecule has 1 aromatic heterocycles. The van der Waals surface area contributed by atoms with Crippen LogP contribution >= 0.6 is 0 Å². The highest BCUT2D eigenvalue weighted by atomic mass is 32.2. The summed E-state index contributed by atoms with van der Waals surface area (Å²) in [5.74, 6) is 1.09. The van der Waals surface area contributed by atoms with Crippen molar-refractivity contribution in [2.24, 2.45) is 10.3 Å². The average Bonchev–Trinajstić information content (AvgIpc) is 3.21. The lowest BCUT2D eigenvalue weighted by Crippen LogP contribution is -2.12. The molecule has 0 spiro atoms. The number of halogens is 1. The molecule has 6 nitrogen and oxygen atoms in total. The second-order valence-electron chi connectivity index (χ2n) is 7.55. The lowest BCUT2D eigenvalue weighted by atomic mass is 10.1. The molecule has 8 heteroatoms. The standard InChI is InChI=1S/C22H25FN4O2S/c1-14-8-17(27-30(2)3)10-19-21(14)22(25-13-24-19)26-18-5-4-16(23)9-20(18)29-12-15-6-7-28-11-15/h4-5,8-10,13,15H,6-7,11-12H2,1-3H3,(H,24,25,26). The molecular weight excluding hydrogens is 403 g/mol. The van der Waals surface area contributed by atoms with E-state index in [0.29, 0.717) is 36.4 Å². The summed E-state index contributed by atoms with van der Waals surface area (Å²) in [4.78, 5) is 8.86. The molecule has 0 aliphatic carbocycles. The summed E-state index contributed by atoms with van der Waals surface area (Å²) in [6.07, 6.45) is 6.62. The maximum atomic E-state index is 13.9. The third-order valence-electron chi connectivity index (χ3n) is 4.90. The number of benzene rings is 2. The third kappa shape index (κ3) is 4.76. The van der Waals surface area contributed by atoms with Crippen LogP contribution in [0.4, 0.5) is 21.6 Å². The Morgan fingerprint density at radius 2 is 2.13 bits per heavy atom. The average molecular weight is 429 g/mol. The first-order valence-electron chi connectivity index (χ1n) is 9.81. The van der Waals surface area contributed by atoms with E-state index < -0.39 is 0 Å². The zero-order valence-corrected chi connectivity index (χ0v) is 18.1. The van der Waals surface area contributed by atoms with Crippen molar-refractivity contribution in [3.8, 4) is 5.75 Å². The molecule has 1 aliphatic heterocycles. The van der Waals surface area contributed by atoms with Gasteiger partial charge in [-0.25, -0.2) is 18.7 Å². The second kappa shape index (κ2) is 9.06. The number of nitrogens with zero attached hydrogens (tertiary/aromatic N) is 3. The molecule has 2 aromatic carbocycles. The Morgan fingerprint density at radius 1 is 1.27 bits per heavy atom. The van der Waals surface area contributed by atoms with E-state index in [1.807, 2.05) is 19.1 Å². The molecule has 4 rings (SSSR count). The van der Waals surface area contributed by atoms with Crippen LogP contribution in [0.1, 0.15) is 12.0 Å². The van der Waals surface area contributed by atoms with Crippen molar-refractivity contribution in [3.05, 3.63) is 48.0 Å². The van der Waals surface area contributed by atoms with Crippen LogP contribution in [-0.4, -0.2) is 42.3 Å². The van der Waals surface area contributed by atoms with Crippen LogP contribution in [0.5, 0.6) is 5.75 Å². The van der Waals surface area contributed by atoms with E-state index in [2.05, 4.69) is 32.2 Å². The number of nitrogens with one attached hydrogen (secondary N) is 1. The van der Waals surface area contributed by atoms with E-state index in [1.54, 1.807) is 6.07 Å². The Labute approximate surface area is 177 Å². The van der Waals surface area contributed by atoms with Crippen molar-refractivity contribution in [3.63, 3.8) is 0 Å². The Hall–Kier alpha value is -2.58. The van der Waals surface area contributed by atoms with Crippen LogP contribution in [-0.2, 0) is 15.4 Å². The second-order valence-corrected chi connectivity index (χ2v) is 9.28. The molecule has 1 fully saturated rings. The normalized spacial score (nSPS) is 16.2. The molecule has 0 radical (unpaired) electrons. The minimum atomic E-state index is -0.345. The van der Waals surface area contributed by atoms with Gasteiger partial charge in [-0.1, -0.05) is 0 Å². The summed E-state index contributed by atoms with van der Waals surface area (Å²) in [5, 5.41) is 4.22. The van der Waals surface area contributed by atoms with Crippen LogP contribution in [0.2, 0.25) is 0 Å². The Balaban J connectivity index is 1.66. The first-order valence-corrected chi connectivity index (χ1v) is 11.8. The lowest BCUT2D eigenvalue weighted by Gasteiger charge is -2.16. The minimum Gasteiger partial charge on any atom is -0.491 e. The number of anilines is 2. The van der Waals surface area contributed by atoms with Gasteiger partial charge in [0.05, 0.1) is 30.1 Å². The van der Waals surface area contributed by atoms with Crippen molar-refractivity contribution in [1.29, 1.82) is 0 Å². The van der Waals surface area contributed by atoms with Gasteiger partial charge in [0.1, 0.15) is 23.7 Å². The smallest absolute Gasteiger partial charge is 0.145 e. The van der Waals surface area contributed by atoms with Gasteiger partial charge < -0.3 is 14.8 Å². The van der Waals surface area contributed by atoms with Crippen molar-refractivity contribution >= 4 is 38.8 Å². The molecular formula is C22H25FN4O2S. The van der Waals surface area contributed by atoms with Crippen molar-refractivity contribution in [2.75, 3.05) is 37.6 Å². The van der Waals surface area contributed by atoms with E-state index in [4.69, 9.17) is 9.47 Å². The molecule has 0 amide bonds. The molecule has 3 aromatic rings. The summed E-state index contributed by atoms with van der Waals surface area (Å²) in [5.41, 5.74) is 3.39. The van der Waals surface area contributed by atoms with Crippen LogP contribution < -0.4 is 10.1 Å². The molecule has 1 unspecified atom stereocenters. The molecule has 1 atom stereocenters. The summed E-state index contributed by atoms with van der Waals surface area (Å²) >= 11 is 0. The van der Waals surface area contributed by atoms with Crippen molar-refractivity contribution in [2.45, 2.75) is 13.3 Å². The topological polar surface area (TPSA) is 68.6 Å². The van der Waals surface area contributed by atoms with E-state index in [0.717, 1.165) is 35.2 Å². The fourth-order valence-corrected chi connectivity index (χ4v) is 4.03. The van der Waals surface area contributed by atoms with Gasteiger partial charge in [-0.3, -0.25) is 0 Å². The summed E-state index contributed by atoms with van der Waals surface area (Å²) in [7, 11) is -0.0587. The van der Waals surface area contributed by atoms with E-state index in [9.17, 15) is 4.39 Å². The monoisotopic (exact) mass is 428 g/mol. The molecule has 0 saturated carbocycles. The number of hydrogen-bond donors (Lipinski definition) is 1. The van der Waals surface area contributed by atoms with Crippen LogP contribution in [0.15, 0.2) is 41.0 Å². The number of ether oxygens (including phenoxy) is 2. The molecule has 30 heavy (non-hydrogen) atoms. The predicted molar refractivity (Wildman–Crippen MR) is 120 cm³/mol. The zero-order chi connectivity index (χ0) is 21.1. The van der Waals surface area contributed by atoms with Gasteiger partial charge in [-0.05, 0) is 55.7 Å². The Kier molecular flexibility index (Phi) is 6.24. The SMILES string of the molecule is Cc1cc(N=S(C)C)cc2ncnc(Nc3ccc(F)cc3OCC3CCOC3)c12. The minimum absolute atomic E-state index is 0.0587. The van der Waals surface area contributed by atoms with E-state index in [1.165, 1.54) is 18.5 Å². The van der Waals surface area contributed by atoms with Gasteiger partial charge in [0.25, 0.3) is 0 Å². The Morgan fingerprint density at radius 3 is 2.90 bits per heavy atom. The third-order valence-corrected chi connectivity index (χ3v) is 5.48. The maximum absolute atomic E-state index is 13.9. The van der Waals surface area contributed by atoms with Crippen molar-refractivity contribution < 1.29 is 13.9 Å². The summed E-state index contributed by atoms with van der Waals surface area (Å²) in [6.45, 7) is 3.93. The highest BCUT2D eigenvalue weighted by Gasteiger charge is 2.18. The first kappa shape index (κ1) is 20.7. The van der Waals surface area contributed by atoms with Gasteiger partial charge in [0.15, 0.2) is 0 Å². The Bertz CT molecular complexity index is 1100. The van der Waals surface area contributed by atoms with E-state index in [-0.39, 0.29) is 16.5 Å². The first-order chi connectivity index (χ1) is 14.5. The van der Waals surface area contributed by atoms with Crippen LogP contribution in [0.3, 0.4) is 0 Å². The number of aromatic nitrogens is 2. The number of fused-ring (bicyclic) bond motifs is 1. The van der Waals surface area contributed by atoms with Gasteiger partial charge in [0.2, 0.25) is 0 Å². The summed E-state index contributed by atoms with van der Waals surface area (Å²) < 4.78 is 29.9. The number of rotatable bonds is 6. The van der Waals surface area contributed by atoms with Crippen molar-refractivity contribution in [1.82, 2.24) is 9.97 Å². The lowest BCUT2D eigenvalue weighted by molar-refractivity contribution is 0.167. The molecule has 1 saturated heterocycles. The predicted octanol–water partition coefficient (Wildman–Crippen LogP) is 4.93. The van der Waals surface area contributed by atoms with Gasteiger partial charge >= 0.3 is 0 Å². The highest BCUT2D eigenvalue weighted by Crippen LogP contribution is 2.34. The van der Waals surface area contributed by atoms with Gasteiger partial charge in [-0.2, -0.15) is 0 Å². The number of aryl methyl sites for hydroxylation is 1. The molecule has 2 heterocycles. The summed E-state index contributed by atoms with van der Waals surface area (Å²) in [6, 6.07) is 8.47. The highest BCUT2D eigenvalue weighted by molar-refractivity contribution is 7.85. The largest absolute Gasteiger partial charge is 0.491 e. The molecule has 1 aliphatic rings. The maximum Gasteiger partial charge on any atom is 0.145 e. The molecule has 1 N–H and O–H groups in total. The van der Waals surface area contributed by atoms with Crippen LogP contribution in [0, 0.1) is 18.7 Å². The van der Waals surface area contributed by atoms with E-state index >= 15 is 0 Å². The van der Waals surface area contributed by atoms with Gasteiger partial charge in [-0.15, -0.1) is 10.7 Å². The quantitative estimate of drug-likeness (QED) is 0.603. The number of hydrogen-bond acceptors (Lipinski definition) is 6. The fraction of sp³-hybridized carbons (Fsp3) is 0.364. The zero-order valence-electron chi connectivity index (χ0n) is 17.3.